The van der Waals surface area contributed by atoms with Crippen molar-refractivity contribution in [3.8, 4) is 0 Å². The summed E-state index contributed by atoms with van der Waals surface area (Å²) in [6, 6.07) is 0. The van der Waals surface area contributed by atoms with E-state index >= 15 is 0 Å². The number of piperidine rings is 1. The minimum atomic E-state index is -3.25. The van der Waals surface area contributed by atoms with Crippen molar-refractivity contribution in [1.82, 2.24) is 24.1 Å². The first-order valence-corrected chi connectivity index (χ1v) is 10.5. The summed E-state index contributed by atoms with van der Waals surface area (Å²) in [5, 5.41) is 0. The minimum Gasteiger partial charge on any atom is -0.342 e. The summed E-state index contributed by atoms with van der Waals surface area (Å²) < 4.78 is 26.7. The fourth-order valence-corrected chi connectivity index (χ4v) is 3.57. The molecule has 1 aliphatic rings. The molecule has 2 heterocycles. The zero-order valence-electron chi connectivity index (χ0n) is 15.3. The second-order valence-electron chi connectivity index (χ2n) is 6.88. The summed E-state index contributed by atoms with van der Waals surface area (Å²) >= 11 is 0. The van der Waals surface area contributed by atoms with Crippen LogP contribution in [0.5, 0.6) is 0 Å². The standard InChI is InChI=1S/C16H29N5O3S/c1-19(2)11-12-20-10-8-17-16(20)14-5-4-9-21(13-14)15(22)6-7-18-25(3,23)24/h8,10,14,18H,4-7,9,11-13H2,1-3H3. The van der Waals surface area contributed by atoms with Gasteiger partial charge in [0.25, 0.3) is 0 Å². The topological polar surface area (TPSA) is 87.5 Å². The number of aromatic nitrogens is 2. The third-order valence-corrected chi connectivity index (χ3v) is 5.11. The molecule has 1 fully saturated rings. The van der Waals surface area contributed by atoms with Crippen LogP contribution in [0.3, 0.4) is 0 Å². The second-order valence-corrected chi connectivity index (χ2v) is 8.71. The molecule has 0 saturated carbocycles. The molecular weight excluding hydrogens is 342 g/mol. The monoisotopic (exact) mass is 371 g/mol. The van der Waals surface area contributed by atoms with Crippen molar-refractivity contribution in [2.75, 3.05) is 46.5 Å². The van der Waals surface area contributed by atoms with E-state index in [-0.39, 0.29) is 24.8 Å². The lowest BCUT2D eigenvalue weighted by molar-refractivity contribution is -0.132. The lowest BCUT2D eigenvalue weighted by Gasteiger charge is -2.33. The van der Waals surface area contributed by atoms with Crippen molar-refractivity contribution in [1.29, 1.82) is 0 Å². The molecule has 0 aliphatic carbocycles. The van der Waals surface area contributed by atoms with E-state index in [0.29, 0.717) is 6.54 Å². The molecule has 1 aromatic heterocycles. The Hall–Kier alpha value is -1.45. The number of amides is 1. The normalized spacial score (nSPS) is 18.7. The molecule has 0 aromatic carbocycles. The largest absolute Gasteiger partial charge is 0.342 e. The highest BCUT2D eigenvalue weighted by atomic mass is 32.2. The van der Waals surface area contributed by atoms with Crippen molar-refractivity contribution in [2.24, 2.45) is 0 Å². The Balaban J connectivity index is 1.92. The molecule has 0 radical (unpaired) electrons. The zero-order chi connectivity index (χ0) is 18.4. The number of likely N-dealkylation sites (N-methyl/N-ethyl adjacent to an activating group) is 1. The third-order valence-electron chi connectivity index (χ3n) is 4.38. The molecule has 1 amide bonds. The average molecular weight is 372 g/mol. The van der Waals surface area contributed by atoms with E-state index in [4.69, 9.17) is 0 Å². The molecule has 0 bridgehead atoms. The lowest BCUT2D eigenvalue weighted by atomic mass is 9.97. The Kier molecular flexibility index (Phi) is 6.97. The van der Waals surface area contributed by atoms with Crippen LogP contribution < -0.4 is 4.72 Å². The quantitative estimate of drug-likeness (QED) is 0.700. The van der Waals surface area contributed by atoms with Crippen molar-refractivity contribution < 1.29 is 13.2 Å². The molecular formula is C16H29N5O3S. The summed E-state index contributed by atoms with van der Waals surface area (Å²) in [4.78, 5) is 20.8. The fourth-order valence-electron chi connectivity index (χ4n) is 3.09. The Labute approximate surface area is 150 Å². The zero-order valence-corrected chi connectivity index (χ0v) is 16.1. The maximum absolute atomic E-state index is 12.4. The van der Waals surface area contributed by atoms with Gasteiger partial charge in [0.05, 0.1) is 6.26 Å². The molecule has 1 saturated heterocycles. The van der Waals surface area contributed by atoms with Crippen LogP contribution in [0.15, 0.2) is 12.4 Å². The number of hydrogen-bond donors (Lipinski definition) is 1. The van der Waals surface area contributed by atoms with Gasteiger partial charge in [0, 0.05) is 57.5 Å². The first-order chi connectivity index (χ1) is 11.8. The Morgan fingerprint density at radius 3 is 2.88 bits per heavy atom. The average Bonchev–Trinajstić information content (AvgIpc) is 3.00. The highest BCUT2D eigenvalue weighted by Crippen LogP contribution is 2.26. The van der Waals surface area contributed by atoms with Gasteiger partial charge < -0.3 is 14.4 Å². The number of likely N-dealkylation sites (tertiary alicyclic amines) is 1. The number of sulfonamides is 1. The van der Waals surface area contributed by atoms with Gasteiger partial charge in [0.15, 0.2) is 0 Å². The maximum Gasteiger partial charge on any atom is 0.223 e. The number of carbonyl (C=O) groups excluding carboxylic acids is 1. The van der Waals surface area contributed by atoms with Crippen LogP contribution in [0, 0.1) is 0 Å². The molecule has 1 atom stereocenters. The highest BCUT2D eigenvalue weighted by Gasteiger charge is 2.27. The van der Waals surface area contributed by atoms with Gasteiger partial charge in [-0.15, -0.1) is 0 Å². The Bertz CT molecular complexity index is 671. The summed E-state index contributed by atoms with van der Waals surface area (Å²) in [7, 11) is 0.834. The van der Waals surface area contributed by atoms with E-state index in [2.05, 4.69) is 19.2 Å². The van der Waals surface area contributed by atoms with E-state index in [1.807, 2.05) is 31.4 Å². The van der Waals surface area contributed by atoms with E-state index < -0.39 is 10.0 Å². The van der Waals surface area contributed by atoms with Crippen LogP contribution in [0.1, 0.15) is 31.0 Å². The first kappa shape index (κ1) is 19.9. The number of nitrogens with zero attached hydrogens (tertiary/aromatic N) is 4. The summed E-state index contributed by atoms with van der Waals surface area (Å²) in [5.41, 5.74) is 0. The van der Waals surface area contributed by atoms with E-state index in [1.54, 1.807) is 0 Å². The smallest absolute Gasteiger partial charge is 0.223 e. The Morgan fingerprint density at radius 1 is 1.44 bits per heavy atom. The van der Waals surface area contributed by atoms with Crippen molar-refractivity contribution in [3.63, 3.8) is 0 Å². The van der Waals surface area contributed by atoms with Gasteiger partial charge in [-0.05, 0) is 26.9 Å². The lowest BCUT2D eigenvalue weighted by Crippen LogP contribution is -2.41. The minimum absolute atomic E-state index is 0.00718. The van der Waals surface area contributed by atoms with Gasteiger partial charge in [-0.3, -0.25) is 4.79 Å². The van der Waals surface area contributed by atoms with Gasteiger partial charge in [-0.1, -0.05) is 0 Å². The Morgan fingerprint density at radius 2 is 2.20 bits per heavy atom. The van der Waals surface area contributed by atoms with E-state index in [0.717, 1.165) is 44.6 Å². The fraction of sp³-hybridized carbons (Fsp3) is 0.750. The van der Waals surface area contributed by atoms with Crippen LogP contribution in [0.25, 0.3) is 0 Å². The van der Waals surface area contributed by atoms with Crippen LogP contribution in [-0.2, 0) is 21.4 Å². The highest BCUT2D eigenvalue weighted by molar-refractivity contribution is 7.88. The van der Waals surface area contributed by atoms with Crippen molar-refractivity contribution in [3.05, 3.63) is 18.2 Å². The molecule has 8 nitrogen and oxygen atoms in total. The molecule has 142 valence electrons. The van der Waals surface area contributed by atoms with E-state index in [9.17, 15) is 13.2 Å². The molecule has 0 spiro atoms. The summed E-state index contributed by atoms with van der Waals surface area (Å²) in [6.07, 6.45) is 7.06. The number of carbonyl (C=O) groups is 1. The summed E-state index contributed by atoms with van der Waals surface area (Å²) in [6.45, 7) is 3.35. The molecule has 1 aromatic rings. The van der Waals surface area contributed by atoms with E-state index in [1.165, 1.54) is 0 Å². The number of nitrogens with one attached hydrogen (secondary N) is 1. The molecule has 1 aliphatic heterocycles. The van der Waals surface area contributed by atoms with Gasteiger partial charge in [-0.25, -0.2) is 18.1 Å². The van der Waals surface area contributed by atoms with Gasteiger partial charge in [0.2, 0.25) is 15.9 Å². The molecule has 1 N–H and O–H groups in total. The predicted octanol–water partition coefficient (Wildman–Crippen LogP) is 0.0900. The van der Waals surface area contributed by atoms with Crippen LogP contribution in [0.2, 0.25) is 0 Å². The van der Waals surface area contributed by atoms with Crippen molar-refractivity contribution >= 4 is 15.9 Å². The summed E-state index contributed by atoms with van der Waals surface area (Å²) in [5.74, 6) is 1.26. The molecule has 1 unspecified atom stereocenters. The van der Waals surface area contributed by atoms with Crippen molar-refractivity contribution in [2.45, 2.75) is 31.7 Å². The number of rotatable bonds is 8. The third kappa shape index (κ3) is 6.41. The van der Waals surface area contributed by atoms with Crippen LogP contribution >= 0.6 is 0 Å². The van der Waals surface area contributed by atoms with Gasteiger partial charge in [-0.2, -0.15) is 0 Å². The predicted molar refractivity (Wildman–Crippen MR) is 96.8 cm³/mol. The number of imidazole rings is 1. The molecule has 9 heteroatoms. The van der Waals surface area contributed by atoms with Gasteiger partial charge >= 0.3 is 0 Å². The number of hydrogen-bond acceptors (Lipinski definition) is 5. The SMILES string of the molecule is CN(C)CCn1ccnc1C1CCCN(C(=O)CCNS(C)(=O)=O)C1. The first-order valence-electron chi connectivity index (χ1n) is 8.64. The maximum atomic E-state index is 12.4. The van der Waals surface area contributed by atoms with Crippen LogP contribution in [-0.4, -0.2) is 80.2 Å². The molecule has 2 rings (SSSR count). The van der Waals surface area contributed by atoms with Gasteiger partial charge in [0.1, 0.15) is 5.82 Å². The second kappa shape index (κ2) is 8.77. The van der Waals surface area contributed by atoms with Crippen LogP contribution in [0.4, 0.5) is 0 Å². The molecule has 25 heavy (non-hydrogen) atoms.